The van der Waals surface area contributed by atoms with Crippen LogP contribution in [0.1, 0.15) is 18.2 Å². The molecule has 2 aromatic heterocycles. The molecular weight excluding hydrogens is 411 g/mol. The largest absolute Gasteiger partial charge is 0.416 e. The molecule has 3 rings (SSSR count). The fourth-order valence-corrected chi connectivity index (χ4v) is 3.08. The molecular formula is C21H20F3N5O2. The van der Waals surface area contributed by atoms with Gasteiger partial charge in [-0.15, -0.1) is 0 Å². The van der Waals surface area contributed by atoms with Gasteiger partial charge in [0, 0.05) is 30.6 Å². The van der Waals surface area contributed by atoms with Crippen molar-refractivity contribution in [1.82, 2.24) is 14.5 Å². The zero-order chi connectivity index (χ0) is 22.8. The Hall–Kier alpha value is -3.53. The molecule has 1 unspecified atom stereocenters. The van der Waals surface area contributed by atoms with Crippen LogP contribution in [0.3, 0.4) is 0 Å². The van der Waals surface area contributed by atoms with E-state index in [1.807, 2.05) is 0 Å². The Kier molecular flexibility index (Phi) is 6.21. The number of alkyl halides is 3. The van der Waals surface area contributed by atoms with E-state index in [4.69, 9.17) is 5.73 Å². The Morgan fingerprint density at radius 3 is 2.55 bits per heavy atom. The van der Waals surface area contributed by atoms with Gasteiger partial charge in [-0.25, -0.2) is 9.97 Å². The standard InChI is InChI=1S/C21H20F3N5O2/c1-12(30)10-29-11-27-19-16(20(29)31)7-17(28-18(19)14(8-25)9-26-2)13-3-5-15(6-4-13)21(22,23)24/h3-9,11-12,30H,10,25H2,1-2H3. The summed E-state index contributed by atoms with van der Waals surface area (Å²) in [6.07, 6.45) is -1.24. The monoisotopic (exact) mass is 431 g/mol. The number of aliphatic hydroxyl groups is 1. The molecule has 0 aliphatic rings. The summed E-state index contributed by atoms with van der Waals surface area (Å²) in [5.74, 6) is 0. The third-order valence-electron chi connectivity index (χ3n) is 4.50. The summed E-state index contributed by atoms with van der Waals surface area (Å²) in [7, 11) is 1.54. The lowest BCUT2D eigenvalue weighted by atomic mass is 10.0. The summed E-state index contributed by atoms with van der Waals surface area (Å²) < 4.78 is 40.0. The van der Waals surface area contributed by atoms with Gasteiger partial charge in [0.05, 0.1) is 35.6 Å². The van der Waals surface area contributed by atoms with Crippen molar-refractivity contribution in [3.05, 3.63) is 64.5 Å². The minimum Gasteiger partial charge on any atom is -0.404 e. The van der Waals surface area contributed by atoms with E-state index in [2.05, 4.69) is 15.0 Å². The van der Waals surface area contributed by atoms with Gasteiger partial charge >= 0.3 is 6.18 Å². The minimum absolute atomic E-state index is 0.0328. The van der Waals surface area contributed by atoms with Crippen molar-refractivity contribution in [3.8, 4) is 11.3 Å². The fraction of sp³-hybridized carbons (Fsp3) is 0.238. The molecule has 0 spiro atoms. The molecule has 0 fully saturated rings. The Morgan fingerprint density at radius 2 is 2.00 bits per heavy atom. The summed E-state index contributed by atoms with van der Waals surface area (Å²) in [6.45, 7) is 1.57. The molecule has 0 amide bonds. The first-order valence-electron chi connectivity index (χ1n) is 9.26. The molecule has 1 aromatic carbocycles. The van der Waals surface area contributed by atoms with Crippen LogP contribution in [0.25, 0.3) is 27.7 Å². The molecule has 0 aliphatic heterocycles. The van der Waals surface area contributed by atoms with Gasteiger partial charge in [0.15, 0.2) is 0 Å². The number of nitrogens with two attached hydrogens (primary N) is 1. The molecule has 0 saturated carbocycles. The minimum atomic E-state index is -4.47. The van der Waals surface area contributed by atoms with Gasteiger partial charge in [-0.05, 0) is 25.1 Å². The molecule has 1 atom stereocenters. The average molecular weight is 431 g/mol. The summed E-state index contributed by atoms with van der Waals surface area (Å²) in [6, 6.07) is 5.93. The van der Waals surface area contributed by atoms with Crippen molar-refractivity contribution >= 4 is 22.7 Å². The summed E-state index contributed by atoms with van der Waals surface area (Å²) in [5, 5.41) is 9.83. The number of halogens is 3. The van der Waals surface area contributed by atoms with Crippen molar-refractivity contribution in [3.63, 3.8) is 0 Å². The number of nitrogens with zero attached hydrogens (tertiary/aromatic N) is 4. The van der Waals surface area contributed by atoms with Crippen LogP contribution in [0.5, 0.6) is 0 Å². The highest BCUT2D eigenvalue weighted by atomic mass is 19.4. The number of aliphatic hydroxyl groups excluding tert-OH is 1. The topological polar surface area (TPSA) is 106 Å². The average Bonchev–Trinajstić information content (AvgIpc) is 2.72. The van der Waals surface area contributed by atoms with Gasteiger partial charge in [-0.2, -0.15) is 13.2 Å². The van der Waals surface area contributed by atoms with Crippen molar-refractivity contribution in [2.45, 2.75) is 25.7 Å². The number of rotatable bonds is 5. The van der Waals surface area contributed by atoms with E-state index in [1.165, 1.54) is 55.5 Å². The maximum Gasteiger partial charge on any atom is 0.416 e. The van der Waals surface area contributed by atoms with Gasteiger partial charge < -0.3 is 10.8 Å². The Labute approximate surface area is 175 Å². The summed E-state index contributed by atoms with van der Waals surface area (Å²) >= 11 is 0. The van der Waals surface area contributed by atoms with Crippen molar-refractivity contribution in [2.75, 3.05) is 7.05 Å². The molecule has 10 heteroatoms. The molecule has 162 valence electrons. The second-order valence-corrected chi connectivity index (χ2v) is 6.89. The lowest BCUT2D eigenvalue weighted by Crippen LogP contribution is -2.26. The molecule has 2 heterocycles. The van der Waals surface area contributed by atoms with E-state index in [-0.39, 0.29) is 28.8 Å². The molecule has 7 nitrogen and oxygen atoms in total. The first-order chi connectivity index (χ1) is 14.7. The normalized spacial score (nSPS) is 13.8. The number of hydrogen-bond acceptors (Lipinski definition) is 6. The van der Waals surface area contributed by atoms with Gasteiger partial charge in [0.25, 0.3) is 5.56 Å². The van der Waals surface area contributed by atoms with Crippen LogP contribution >= 0.6 is 0 Å². The van der Waals surface area contributed by atoms with E-state index < -0.39 is 23.4 Å². The van der Waals surface area contributed by atoms with E-state index >= 15 is 0 Å². The predicted molar refractivity (Wildman–Crippen MR) is 112 cm³/mol. The predicted octanol–water partition coefficient (Wildman–Crippen LogP) is 2.86. The number of pyridine rings is 1. The molecule has 3 N–H and O–H groups in total. The number of aromatic nitrogens is 3. The lowest BCUT2D eigenvalue weighted by Gasteiger charge is -2.13. The Morgan fingerprint density at radius 1 is 1.32 bits per heavy atom. The van der Waals surface area contributed by atoms with Crippen LogP contribution in [0, 0.1) is 0 Å². The van der Waals surface area contributed by atoms with Crippen LogP contribution < -0.4 is 11.3 Å². The third kappa shape index (κ3) is 4.64. The number of aliphatic imine (C=N–C) groups is 1. The van der Waals surface area contributed by atoms with E-state index in [1.54, 1.807) is 0 Å². The zero-order valence-electron chi connectivity index (χ0n) is 16.8. The maximum absolute atomic E-state index is 13.0. The SMILES string of the molecule is CN=CC(=CN)c1nc(-c2ccc(C(F)(F)F)cc2)cc2c(=O)n(CC(C)O)cnc12. The van der Waals surface area contributed by atoms with Crippen molar-refractivity contribution < 1.29 is 18.3 Å². The van der Waals surface area contributed by atoms with Crippen LogP contribution in [0.2, 0.25) is 0 Å². The van der Waals surface area contributed by atoms with Gasteiger partial charge in [-0.3, -0.25) is 14.4 Å². The lowest BCUT2D eigenvalue weighted by molar-refractivity contribution is -0.137. The highest BCUT2D eigenvalue weighted by Crippen LogP contribution is 2.31. The van der Waals surface area contributed by atoms with Gasteiger partial charge in [-0.1, -0.05) is 12.1 Å². The van der Waals surface area contributed by atoms with Gasteiger partial charge in [0.1, 0.15) is 11.2 Å². The Bertz CT molecular complexity index is 1210. The Balaban J connectivity index is 2.29. The maximum atomic E-state index is 13.0. The molecule has 0 aliphatic carbocycles. The first kappa shape index (κ1) is 22.2. The molecule has 0 saturated heterocycles. The van der Waals surface area contributed by atoms with Gasteiger partial charge in [0.2, 0.25) is 0 Å². The summed E-state index contributed by atoms with van der Waals surface area (Å²) in [5.41, 5.74) is 6.07. The molecule has 3 aromatic rings. The second-order valence-electron chi connectivity index (χ2n) is 6.89. The molecule has 0 radical (unpaired) electrons. The van der Waals surface area contributed by atoms with Crippen LogP contribution in [0.4, 0.5) is 13.2 Å². The third-order valence-corrected chi connectivity index (χ3v) is 4.50. The second kappa shape index (κ2) is 8.68. The molecule has 0 bridgehead atoms. The quantitative estimate of drug-likeness (QED) is 0.605. The zero-order valence-corrected chi connectivity index (χ0v) is 16.8. The number of allylic oxidation sites excluding steroid dienone is 1. The highest BCUT2D eigenvalue weighted by Gasteiger charge is 2.30. The smallest absolute Gasteiger partial charge is 0.404 e. The van der Waals surface area contributed by atoms with Crippen LogP contribution in [-0.4, -0.2) is 39.0 Å². The van der Waals surface area contributed by atoms with E-state index in [0.717, 1.165) is 12.1 Å². The fourth-order valence-electron chi connectivity index (χ4n) is 3.08. The van der Waals surface area contributed by atoms with Crippen LogP contribution in [0.15, 0.2) is 52.6 Å². The highest BCUT2D eigenvalue weighted by molar-refractivity contribution is 6.13. The number of hydrogen-bond donors (Lipinski definition) is 2. The first-order valence-corrected chi connectivity index (χ1v) is 9.26. The van der Waals surface area contributed by atoms with E-state index in [0.29, 0.717) is 11.1 Å². The van der Waals surface area contributed by atoms with E-state index in [9.17, 15) is 23.1 Å². The van der Waals surface area contributed by atoms with Crippen molar-refractivity contribution in [1.29, 1.82) is 0 Å². The van der Waals surface area contributed by atoms with Crippen molar-refractivity contribution in [2.24, 2.45) is 10.7 Å². The number of benzene rings is 1. The molecule has 31 heavy (non-hydrogen) atoms. The summed E-state index contributed by atoms with van der Waals surface area (Å²) in [4.78, 5) is 25.7. The van der Waals surface area contributed by atoms with Crippen LogP contribution in [-0.2, 0) is 12.7 Å². The number of fused-ring (bicyclic) bond motifs is 1.